The largest absolute Gasteiger partial charge is 0.398 e. The standard InChI is InChI=1S/C15H24N2O2S/c1-10-5-6-12(3)17(9-10)20(18,19)14-7-11(2)13(4)15(16)8-14/h7-8,10,12H,5-6,9,16H2,1-4H3. The number of nitrogens with two attached hydrogens (primary N) is 1. The minimum absolute atomic E-state index is 0.0547. The molecule has 5 heteroatoms. The number of rotatable bonds is 2. The molecular weight excluding hydrogens is 272 g/mol. The van der Waals surface area contributed by atoms with Crippen LogP contribution in [0.3, 0.4) is 0 Å². The van der Waals surface area contributed by atoms with Crippen LogP contribution < -0.4 is 5.73 Å². The van der Waals surface area contributed by atoms with Gasteiger partial charge in [-0.15, -0.1) is 0 Å². The Balaban J connectivity index is 2.44. The number of benzene rings is 1. The molecule has 1 aliphatic rings. The molecule has 20 heavy (non-hydrogen) atoms. The van der Waals surface area contributed by atoms with Crippen molar-refractivity contribution in [1.82, 2.24) is 4.31 Å². The van der Waals surface area contributed by atoms with E-state index in [0.717, 1.165) is 24.0 Å². The van der Waals surface area contributed by atoms with Crippen LogP contribution in [0.15, 0.2) is 17.0 Å². The summed E-state index contributed by atoms with van der Waals surface area (Å²) in [7, 11) is -3.45. The highest BCUT2D eigenvalue weighted by molar-refractivity contribution is 7.89. The van der Waals surface area contributed by atoms with E-state index >= 15 is 0 Å². The normalized spacial score (nSPS) is 24.8. The molecule has 2 atom stereocenters. The van der Waals surface area contributed by atoms with Crippen molar-refractivity contribution in [3.63, 3.8) is 0 Å². The zero-order valence-electron chi connectivity index (χ0n) is 12.7. The van der Waals surface area contributed by atoms with Gasteiger partial charge in [-0.1, -0.05) is 6.92 Å². The molecule has 0 bridgehead atoms. The zero-order chi connectivity index (χ0) is 15.1. The highest BCUT2D eigenvalue weighted by Crippen LogP contribution is 2.30. The predicted molar refractivity (Wildman–Crippen MR) is 82.1 cm³/mol. The Morgan fingerprint density at radius 2 is 1.85 bits per heavy atom. The van der Waals surface area contributed by atoms with Gasteiger partial charge in [0, 0.05) is 18.3 Å². The van der Waals surface area contributed by atoms with Gasteiger partial charge in [-0.3, -0.25) is 0 Å². The number of anilines is 1. The number of hydrogen-bond acceptors (Lipinski definition) is 3. The van der Waals surface area contributed by atoms with E-state index in [4.69, 9.17) is 5.73 Å². The lowest BCUT2D eigenvalue weighted by Crippen LogP contribution is -2.44. The van der Waals surface area contributed by atoms with E-state index in [1.807, 2.05) is 20.8 Å². The van der Waals surface area contributed by atoms with E-state index in [1.54, 1.807) is 16.4 Å². The van der Waals surface area contributed by atoms with Gasteiger partial charge in [0.05, 0.1) is 4.90 Å². The molecular formula is C15H24N2O2S. The Hall–Kier alpha value is -1.07. The second kappa shape index (κ2) is 5.37. The van der Waals surface area contributed by atoms with Crippen molar-refractivity contribution >= 4 is 15.7 Å². The van der Waals surface area contributed by atoms with E-state index in [2.05, 4.69) is 6.92 Å². The number of hydrogen-bond donors (Lipinski definition) is 1. The van der Waals surface area contributed by atoms with Crippen LogP contribution in [0.2, 0.25) is 0 Å². The molecule has 2 N–H and O–H groups in total. The van der Waals surface area contributed by atoms with Crippen LogP contribution in [0.1, 0.15) is 37.8 Å². The van der Waals surface area contributed by atoms with Crippen LogP contribution in [0.5, 0.6) is 0 Å². The minimum atomic E-state index is -3.45. The molecule has 1 aliphatic heterocycles. The van der Waals surface area contributed by atoms with Crippen LogP contribution in [0.25, 0.3) is 0 Å². The highest BCUT2D eigenvalue weighted by Gasteiger charge is 2.33. The second-order valence-corrected chi connectivity index (χ2v) is 7.95. The van der Waals surface area contributed by atoms with Gasteiger partial charge in [0.15, 0.2) is 0 Å². The SMILES string of the molecule is Cc1cc(S(=O)(=O)N2CC(C)CCC2C)cc(N)c1C. The van der Waals surface area contributed by atoms with Crippen molar-refractivity contribution < 1.29 is 8.42 Å². The number of nitrogens with zero attached hydrogens (tertiary/aromatic N) is 1. The monoisotopic (exact) mass is 296 g/mol. The van der Waals surface area contributed by atoms with Crippen molar-refractivity contribution in [3.8, 4) is 0 Å². The summed E-state index contributed by atoms with van der Waals surface area (Å²) in [6.45, 7) is 8.48. The van der Waals surface area contributed by atoms with Gasteiger partial charge in [0.2, 0.25) is 10.0 Å². The molecule has 1 heterocycles. The van der Waals surface area contributed by atoms with Crippen LogP contribution in [0.4, 0.5) is 5.69 Å². The highest BCUT2D eigenvalue weighted by atomic mass is 32.2. The van der Waals surface area contributed by atoms with E-state index in [0.29, 0.717) is 23.0 Å². The first kappa shape index (κ1) is 15.3. The van der Waals surface area contributed by atoms with Crippen LogP contribution in [-0.2, 0) is 10.0 Å². The molecule has 0 aliphatic carbocycles. The molecule has 0 spiro atoms. The maximum atomic E-state index is 12.8. The number of aryl methyl sites for hydroxylation is 1. The third kappa shape index (κ3) is 2.69. The molecule has 0 aromatic heterocycles. The lowest BCUT2D eigenvalue weighted by molar-refractivity contribution is 0.218. The molecule has 0 saturated carbocycles. The van der Waals surface area contributed by atoms with Gasteiger partial charge in [-0.05, 0) is 62.8 Å². The average Bonchev–Trinajstić information content (AvgIpc) is 2.38. The molecule has 4 nitrogen and oxygen atoms in total. The summed E-state index contributed by atoms with van der Waals surface area (Å²) < 4.78 is 27.3. The fraction of sp³-hybridized carbons (Fsp3) is 0.600. The van der Waals surface area contributed by atoms with Gasteiger partial charge in [-0.25, -0.2) is 8.42 Å². The van der Waals surface area contributed by atoms with Crippen molar-refractivity contribution in [3.05, 3.63) is 23.3 Å². The number of sulfonamides is 1. The van der Waals surface area contributed by atoms with Crippen molar-refractivity contribution in [2.24, 2.45) is 5.92 Å². The number of piperidine rings is 1. The van der Waals surface area contributed by atoms with Crippen molar-refractivity contribution in [2.75, 3.05) is 12.3 Å². The number of nitrogen functional groups attached to an aromatic ring is 1. The summed E-state index contributed by atoms with van der Waals surface area (Å²) in [5, 5.41) is 0. The Bertz CT molecular complexity index is 587. The van der Waals surface area contributed by atoms with Gasteiger partial charge in [0.1, 0.15) is 0 Å². The summed E-state index contributed by atoms with van der Waals surface area (Å²) >= 11 is 0. The maximum absolute atomic E-state index is 12.8. The lowest BCUT2D eigenvalue weighted by atomic mass is 9.97. The fourth-order valence-electron chi connectivity index (χ4n) is 2.72. The molecule has 1 aromatic rings. The fourth-order valence-corrected chi connectivity index (χ4v) is 4.62. The molecule has 0 radical (unpaired) electrons. The van der Waals surface area contributed by atoms with E-state index in [1.165, 1.54) is 0 Å². The quantitative estimate of drug-likeness (QED) is 0.853. The lowest BCUT2D eigenvalue weighted by Gasteiger charge is -2.35. The Morgan fingerprint density at radius 1 is 1.20 bits per heavy atom. The predicted octanol–water partition coefficient (Wildman–Crippen LogP) is 2.69. The molecule has 1 saturated heterocycles. The van der Waals surface area contributed by atoms with Gasteiger partial charge in [-0.2, -0.15) is 4.31 Å². The smallest absolute Gasteiger partial charge is 0.243 e. The van der Waals surface area contributed by atoms with Crippen molar-refractivity contribution in [1.29, 1.82) is 0 Å². The van der Waals surface area contributed by atoms with E-state index in [9.17, 15) is 8.42 Å². The Kier molecular flexibility index (Phi) is 4.12. The first-order chi connectivity index (χ1) is 9.23. The summed E-state index contributed by atoms with van der Waals surface area (Å²) in [5.41, 5.74) is 8.34. The summed E-state index contributed by atoms with van der Waals surface area (Å²) in [4.78, 5) is 0.319. The first-order valence-electron chi connectivity index (χ1n) is 7.12. The second-order valence-electron chi connectivity index (χ2n) is 6.06. The third-order valence-corrected chi connectivity index (χ3v) is 6.31. The maximum Gasteiger partial charge on any atom is 0.243 e. The first-order valence-corrected chi connectivity index (χ1v) is 8.56. The molecule has 2 unspecified atom stereocenters. The van der Waals surface area contributed by atoms with Gasteiger partial charge < -0.3 is 5.73 Å². The molecule has 2 rings (SSSR count). The molecule has 0 amide bonds. The van der Waals surface area contributed by atoms with Gasteiger partial charge >= 0.3 is 0 Å². The van der Waals surface area contributed by atoms with Crippen LogP contribution >= 0.6 is 0 Å². The molecule has 1 aromatic carbocycles. The zero-order valence-corrected chi connectivity index (χ0v) is 13.5. The van der Waals surface area contributed by atoms with Crippen molar-refractivity contribution in [2.45, 2.75) is 51.5 Å². The Morgan fingerprint density at radius 3 is 2.45 bits per heavy atom. The molecule has 112 valence electrons. The molecule has 1 fully saturated rings. The minimum Gasteiger partial charge on any atom is -0.398 e. The Labute approximate surface area is 122 Å². The third-order valence-electron chi connectivity index (χ3n) is 4.35. The van der Waals surface area contributed by atoms with Crippen LogP contribution in [0, 0.1) is 19.8 Å². The van der Waals surface area contributed by atoms with E-state index in [-0.39, 0.29) is 6.04 Å². The summed E-state index contributed by atoms with van der Waals surface area (Å²) in [6.07, 6.45) is 2.00. The average molecular weight is 296 g/mol. The van der Waals surface area contributed by atoms with E-state index < -0.39 is 10.0 Å². The van der Waals surface area contributed by atoms with Gasteiger partial charge in [0.25, 0.3) is 0 Å². The summed E-state index contributed by atoms with van der Waals surface area (Å²) in [6, 6.07) is 3.37. The topological polar surface area (TPSA) is 63.4 Å². The van der Waals surface area contributed by atoms with Crippen LogP contribution in [-0.4, -0.2) is 25.3 Å². The summed E-state index contributed by atoms with van der Waals surface area (Å²) in [5.74, 6) is 0.407.